The fraction of sp³-hybridized carbons (Fsp3) is 0.158. The van der Waals surface area contributed by atoms with Crippen LogP contribution in [0.1, 0.15) is 12.5 Å². The molecule has 0 aliphatic rings. The first-order valence-corrected chi connectivity index (χ1v) is 10.6. The molecule has 140 valence electrons. The van der Waals surface area contributed by atoms with Gasteiger partial charge in [-0.25, -0.2) is 4.98 Å². The lowest BCUT2D eigenvalue weighted by Gasteiger charge is -2.14. The minimum absolute atomic E-state index is 0.546. The molecular formula is C19H17Br2N3O2S. The Balaban J connectivity index is 1.77. The molecule has 27 heavy (non-hydrogen) atoms. The molecule has 1 N–H and O–H groups in total. The number of benzene rings is 2. The van der Waals surface area contributed by atoms with Crippen molar-refractivity contribution < 1.29 is 9.47 Å². The van der Waals surface area contributed by atoms with Crippen molar-refractivity contribution in [2.75, 3.05) is 19.1 Å². The second kappa shape index (κ2) is 9.34. The van der Waals surface area contributed by atoms with Crippen molar-refractivity contribution in [3.05, 3.63) is 56.3 Å². The van der Waals surface area contributed by atoms with Crippen LogP contribution in [0.5, 0.6) is 11.5 Å². The average Bonchev–Trinajstić information content (AvgIpc) is 3.17. The van der Waals surface area contributed by atoms with Gasteiger partial charge in [-0.2, -0.15) is 5.10 Å². The Morgan fingerprint density at radius 1 is 1.22 bits per heavy atom. The third-order valence-corrected chi connectivity index (χ3v) is 6.49. The number of halogens is 2. The van der Waals surface area contributed by atoms with Crippen LogP contribution in [0.2, 0.25) is 0 Å². The van der Waals surface area contributed by atoms with Gasteiger partial charge in [-0.3, -0.25) is 5.43 Å². The smallest absolute Gasteiger partial charge is 0.203 e. The van der Waals surface area contributed by atoms with E-state index in [-0.39, 0.29) is 0 Å². The Labute approximate surface area is 178 Å². The molecule has 0 saturated carbocycles. The van der Waals surface area contributed by atoms with E-state index >= 15 is 0 Å². The molecule has 0 aliphatic heterocycles. The number of ether oxygens (including phenoxy) is 2. The van der Waals surface area contributed by atoms with E-state index in [2.05, 4.69) is 47.4 Å². The van der Waals surface area contributed by atoms with Gasteiger partial charge in [-0.05, 0) is 44.8 Å². The molecule has 0 spiro atoms. The first kappa shape index (κ1) is 19.9. The molecule has 0 fully saturated rings. The summed E-state index contributed by atoms with van der Waals surface area (Å²) in [4.78, 5) is 4.55. The fourth-order valence-corrected chi connectivity index (χ4v) is 3.96. The lowest BCUT2D eigenvalue weighted by Crippen LogP contribution is -1.99. The van der Waals surface area contributed by atoms with Crippen LogP contribution < -0.4 is 14.9 Å². The lowest BCUT2D eigenvalue weighted by atomic mass is 10.2. The van der Waals surface area contributed by atoms with Crippen molar-refractivity contribution in [1.82, 2.24) is 4.98 Å². The molecule has 2 aromatic carbocycles. The first-order chi connectivity index (χ1) is 13.1. The predicted molar refractivity (Wildman–Crippen MR) is 118 cm³/mol. The van der Waals surface area contributed by atoms with Gasteiger partial charge in [0.15, 0.2) is 11.5 Å². The Morgan fingerprint density at radius 3 is 2.70 bits per heavy atom. The van der Waals surface area contributed by atoms with E-state index in [0.717, 1.165) is 30.9 Å². The molecule has 0 aliphatic carbocycles. The van der Waals surface area contributed by atoms with Gasteiger partial charge in [0.2, 0.25) is 5.13 Å². The number of methoxy groups -OCH3 is 1. The topological polar surface area (TPSA) is 55.7 Å². The van der Waals surface area contributed by atoms with Crippen LogP contribution in [-0.2, 0) is 0 Å². The molecule has 0 radical (unpaired) electrons. The standard InChI is InChI=1S/C19H17Br2N3O2S/c1-3-26-18-15(25-2)9-13(16(20)17(18)21)10-22-24-19-23-14(11-27-19)12-7-5-4-6-8-12/h4-11H,3H2,1-2H3,(H,23,24). The zero-order valence-electron chi connectivity index (χ0n) is 14.7. The third-order valence-electron chi connectivity index (χ3n) is 3.60. The zero-order valence-corrected chi connectivity index (χ0v) is 18.7. The summed E-state index contributed by atoms with van der Waals surface area (Å²) in [6, 6.07) is 11.9. The van der Waals surface area contributed by atoms with Gasteiger partial charge >= 0.3 is 0 Å². The number of hydrogen-bond acceptors (Lipinski definition) is 6. The Kier molecular flexibility index (Phi) is 6.87. The number of hydrogen-bond donors (Lipinski definition) is 1. The van der Waals surface area contributed by atoms with E-state index in [1.54, 1.807) is 13.3 Å². The lowest BCUT2D eigenvalue weighted by molar-refractivity contribution is 0.308. The summed E-state index contributed by atoms with van der Waals surface area (Å²) in [5, 5.41) is 7.02. The molecule has 3 rings (SSSR count). The molecular weight excluding hydrogens is 494 g/mol. The van der Waals surface area contributed by atoms with E-state index in [9.17, 15) is 0 Å². The summed E-state index contributed by atoms with van der Waals surface area (Å²) in [5.74, 6) is 1.29. The summed E-state index contributed by atoms with van der Waals surface area (Å²) >= 11 is 8.62. The number of aromatic nitrogens is 1. The predicted octanol–water partition coefficient (Wildman–Crippen LogP) is 6.19. The van der Waals surface area contributed by atoms with Gasteiger partial charge in [0, 0.05) is 21.0 Å². The van der Waals surface area contributed by atoms with Crippen LogP contribution in [0, 0.1) is 0 Å². The summed E-state index contributed by atoms with van der Waals surface area (Å²) in [7, 11) is 1.61. The van der Waals surface area contributed by atoms with Gasteiger partial charge in [0.25, 0.3) is 0 Å². The number of anilines is 1. The van der Waals surface area contributed by atoms with Crippen LogP contribution in [0.4, 0.5) is 5.13 Å². The van der Waals surface area contributed by atoms with Gasteiger partial charge in [0.1, 0.15) is 0 Å². The van der Waals surface area contributed by atoms with Gasteiger partial charge in [-0.15, -0.1) is 11.3 Å². The number of hydrazone groups is 1. The van der Waals surface area contributed by atoms with Crippen LogP contribution in [0.3, 0.4) is 0 Å². The largest absolute Gasteiger partial charge is 0.493 e. The van der Waals surface area contributed by atoms with E-state index < -0.39 is 0 Å². The summed E-state index contributed by atoms with van der Waals surface area (Å²) in [6.45, 7) is 2.47. The van der Waals surface area contributed by atoms with Crippen LogP contribution in [-0.4, -0.2) is 24.9 Å². The minimum Gasteiger partial charge on any atom is -0.493 e. The van der Waals surface area contributed by atoms with Crippen LogP contribution >= 0.6 is 43.2 Å². The SMILES string of the molecule is CCOc1c(OC)cc(C=NNc2nc(-c3ccccc3)cs2)c(Br)c1Br. The Bertz CT molecular complexity index is 946. The van der Waals surface area contributed by atoms with Crippen LogP contribution in [0.25, 0.3) is 11.3 Å². The molecule has 0 unspecified atom stereocenters. The molecule has 0 atom stereocenters. The highest BCUT2D eigenvalue weighted by molar-refractivity contribution is 9.13. The van der Waals surface area contributed by atoms with Crippen molar-refractivity contribution in [2.24, 2.45) is 5.10 Å². The van der Waals surface area contributed by atoms with Crippen LogP contribution in [0.15, 0.2) is 55.8 Å². The quantitative estimate of drug-likeness (QED) is 0.304. The number of thiazole rings is 1. The highest BCUT2D eigenvalue weighted by atomic mass is 79.9. The monoisotopic (exact) mass is 509 g/mol. The molecule has 0 bridgehead atoms. The van der Waals surface area contributed by atoms with E-state index in [1.807, 2.05) is 48.7 Å². The van der Waals surface area contributed by atoms with Crippen molar-refractivity contribution in [3.63, 3.8) is 0 Å². The number of rotatable bonds is 7. The molecule has 0 saturated heterocycles. The maximum atomic E-state index is 5.64. The highest BCUT2D eigenvalue weighted by Gasteiger charge is 2.16. The molecule has 8 heteroatoms. The third kappa shape index (κ3) is 4.69. The van der Waals surface area contributed by atoms with E-state index in [4.69, 9.17) is 9.47 Å². The molecule has 5 nitrogen and oxygen atoms in total. The number of nitrogens with one attached hydrogen (secondary N) is 1. The van der Waals surface area contributed by atoms with Gasteiger partial charge < -0.3 is 9.47 Å². The van der Waals surface area contributed by atoms with Crippen molar-refractivity contribution in [3.8, 4) is 22.8 Å². The first-order valence-electron chi connectivity index (χ1n) is 8.12. The van der Waals surface area contributed by atoms with Crippen molar-refractivity contribution in [1.29, 1.82) is 0 Å². The fourth-order valence-electron chi connectivity index (χ4n) is 2.35. The second-order valence-corrected chi connectivity index (χ2v) is 7.78. The molecule has 3 aromatic rings. The van der Waals surface area contributed by atoms with E-state index in [0.29, 0.717) is 18.1 Å². The second-order valence-electron chi connectivity index (χ2n) is 5.33. The van der Waals surface area contributed by atoms with Gasteiger partial charge in [-0.1, -0.05) is 30.3 Å². The summed E-state index contributed by atoms with van der Waals surface area (Å²) < 4.78 is 12.7. The Hall–Kier alpha value is -1.90. The maximum Gasteiger partial charge on any atom is 0.203 e. The maximum absolute atomic E-state index is 5.64. The Morgan fingerprint density at radius 2 is 2.00 bits per heavy atom. The minimum atomic E-state index is 0.546. The summed E-state index contributed by atoms with van der Waals surface area (Å²) in [5.41, 5.74) is 5.82. The number of nitrogens with zero attached hydrogens (tertiary/aromatic N) is 2. The average molecular weight is 511 g/mol. The highest BCUT2D eigenvalue weighted by Crippen LogP contribution is 2.42. The molecule has 1 aromatic heterocycles. The van der Waals surface area contributed by atoms with Crippen molar-refractivity contribution in [2.45, 2.75) is 6.92 Å². The normalized spacial score (nSPS) is 11.0. The molecule has 1 heterocycles. The summed E-state index contributed by atoms with van der Waals surface area (Å²) in [6.07, 6.45) is 1.71. The zero-order chi connectivity index (χ0) is 19.2. The van der Waals surface area contributed by atoms with E-state index in [1.165, 1.54) is 11.3 Å². The van der Waals surface area contributed by atoms with Crippen molar-refractivity contribution >= 4 is 54.5 Å². The molecule has 0 amide bonds. The van der Waals surface area contributed by atoms with Gasteiger partial charge in [0.05, 0.1) is 30.1 Å².